The monoisotopic (exact) mass is 432 g/mol. The van der Waals surface area contributed by atoms with Crippen LogP contribution in [-0.4, -0.2) is 38.6 Å². The van der Waals surface area contributed by atoms with E-state index < -0.39 is 0 Å². The minimum Gasteiger partial charge on any atom is -0.410 e. The van der Waals surface area contributed by atoms with Gasteiger partial charge in [-0.3, -0.25) is 4.79 Å². The first-order chi connectivity index (χ1) is 13.5. The molecule has 0 spiro atoms. The molecule has 0 radical (unpaired) electrons. The molecule has 1 aliphatic heterocycles. The zero-order valence-corrected chi connectivity index (χ0v) is 18.3. The third-order valence-electron chi connectivity index (χ3n) is 4.37. The first-order valence-electron chi connectivity index (χ1n) is 8.98. The number of carbonyl (C=O) groups excluding carboxylic acids is 1. The first-order valence-corrected chi connectivity index (χ1v) is 11.7. The quantitative estimate of drug-likeness (QED) is 0.547. The Morgan fingerprint density at radius 2 is 2.14 bits per heavy atom. The SMILES string of the molecule is Cc1nc(C)c(-c2nnc(SCC(=O)N3CCC(C)Sc4ccccc43)o2)s1. The highest BCUT2D eigenvalue weighted by molar-refractivity contribution is 8.00. The molecule has 0 saturated heterocycles. The summed E-state index contributed by atoms with van der Waals surface area (Å²) in [5.41, 5.74) is 1.87. The Kier molecular flexibility index (Phi) is 5.75. The number of hydrogen-bond acceptors (Lipinski definition) is 8. The summed E-state index contributed by atoms with van der Waals surface area (Å²) < 4.78 is 5.75. The lowest BCUT2D eigenvalue weighted by Crippen LogP contribution is -2.33. The molecule has 1 amide bonds. The van der Waals surface area contributed by atoms with Crippen LogP contribution >= 0.6 is 34.9 Å². The Morgan fingerprint density at radius 1 is 1.32 bits per heavy atom. The van der Waals surface area contributed by atoms with Crippen molar-refractivity contribution in [3.05, 3.63) is 35.0 Å². The minimum absolute atomic E-state index is 0.0525. The Labute approximate surface area is 176 Å². The molecular formula is C19H20N4O2S3. The molecule has 1 aliphatic rings. The number of carbonyl (C=O) groups is 1. The summed E-state index contributed by atoms with van der Waals surface area (Å²) in [5.74, 6) is 0.774. The second kappa shape index (κ2) is 8.26. The lowest BCUT2D eigenvalue weighted by molar-refractivity contribution is -0.116. The highest BCUT2D eigenvalue weighted by Gasteiger charge is 2.25. The maximum atomic E-state index is 12.9. The number of fused-ring (bicyclic) bond motifs is 1. The average molecular weight is 433 g/mol. The number of nitrogens with zero attached hydrogens (tertiary/aromatic N) is 4. The lowest BCUT2D eigenvalue weighted by Gasteiger charge is -2.22. The predicted molar refractivity (Wildman–Crippen MR) is 114 cm³/mol. The van der Waals surface area contributed by atoms with E-state index in [1.165, 1.54) is 23.1 Å². The zero-order valence-electron chi connectivity index (χ0n) is 15.8. The summed E-state index contributed by atoms with van der Waals surface area (Å²) in [6, 6.07) is 8.10. The maximum Gasteiger partial charge on any atom is 0.277 e. The van der Waals surface area contributed by atoms with E-state index in [1.54, 1.807) is 0 Å². The molecule has 2 aromatic heterocycles. The molecule has 3 aromatic rings. The summed E-state index contributed by atoms with van der Waals surface area (Å²) in [6.45, 7) is 6.80. The zero-order chi connectivity index (χ0) is 19.7. The number of amides is 1. The van der Waals surface area contributed by atoms with Gasteiger partial charge < -0.3 is 9.32 Å². The van der Waals surface area contributed by atoms with E-state index in [2.05, 4.69) is 28.2 Å². The van der Waals surface area contributed by atoms with Crippen LogP contribution in [0, 0.1) is 13.8 Å². The molecule has 3 heterocycles. The number of benzene rings is 1. The molecule has 4 rings (SSSR count). The highest BCUT2D eigenvalue weighted by atomic mass is 32.2. The van der Waals surface area contributed by atoms with Crippen LogP contribution in [0.1, 0.15) is 24.0 Å². The van der Waals surface area contributed by atoms with Crippen molar-refractivity contribution >= 4 is 46.5 Å². The largest absolute Gasteiger partial charge is 0.410 e. The fourth-order valence-electron chi connectivity index (χ4n) is 3.04. The summed E-state index contributed by atoms with van der Waals surface area (Å²) in [7, 11) is 0. The molecule has 0 N–H and O–H groups in total. The molecule has 0 fully saturated rings. The van der Waals surface area contributed by atoms with Gasteiger partial charge in [0.1, 0.15) is 4.88 Å². The van der Waals surface area contributed by atoms with Crippen molar-refractivity contribution in [2.24, 2.45) is 0 Å². The van der Waals surface area contributed by atoms with Gasteiger partial charge in [0, 0.05) is 16.7 Å². The topological polar surface area (TPSA) is 72.1 Å². The number of hydrogen-bond donors (Lipinski definition) is 0. The number of anilines is 1. The van der Waals surface area contributed by atoms with E-state index in [0.29, 0.717) is 16.4 Å². The fraction of sp³-hybridized carbons (Fsp3) is 0.368. The van der Waals surface area contributed by atoms with Gasteiger partial charge in [0.25, 0.3) is 11.1 Å². The van der Waals surface area contributed by atoms with Crippen LogP contribution in [0.3, 0.4) is 0 Å². The van der Waals surface area contributed by atoms with Gasteiger partial charge in [-0.15, -0.1) is 33.3 Å². The van der Waals surface area contributed by atoms with E-state index in [-0.39, 0.29) is 11.7 Å². The summed E-state index contributed by atoms with van der Waals surface area (Å²) in [6.07, 6.45) is 0.963. The van der Waals surface area contributed by atoms with Crippen molar-refractivity contribution in [3.8, 4) is 10.8 Å². The van der Waals surface area contributed by atoms with E-state index in [0.717, 1.165) is 39.1 Å². The van der Waals surface area contributed by atoms with Crippen molar-refractivity contribution in [2.75, 3.05) is 17.2 Å². The minimum atomic E-state index is 0.0525. The van der Waals surface area contributed by atoms with Crippen molar-refractivity contribution in [3.63, 3.8) is 0 Å². The average Bonchev–Trinajstić information content (AvgIpc) is 3.22. The van der Waals surface area contributed by atoms with E-state index in [1.807, 2.05) is 48.7 Å². The summed E-state index contributed by atoms with van der Waals surface area (Å²) in [4.78, 5) is 21.2. The van der Waals surface area contributed by atoms with Gasteiger partial charge in [0.15, 0.2) is 0 Å². The van der Waals surface area contributed by atoms with Crippen molar-refractivity contribution in [1.82, 2.24) is 15.2 Å². The lowest BCUT2D eigenvalue weighted by atomic mass is 10.2. The molecule has 28 heavy (non-hydrogen) atoms. The fourth-order valence-corrected chi connectivity index (χ4v) is 5.63. The van der Waals surface area contributed by atoms with Crippen LogP contribution < -0.4 is 4.90 Å². The Bertz CT molecular complexity index is 1000. The van der Waals surface area contributed by atoms with Gasteiger partial charge in [0.2, 0.25) is 5.91 Å². The normalized spacial score (nSPS) is 16.7. The standard InChI is InChI=1S/C19H20N4O2S3/c1-11-8-9-23(14-6-4-5-7-15(14)27-11)16(24)10-26-19-22-21-18(25-19)17-12(2)20-13(3)28-17/h4-7,11H,8-10H2,1-3H3. The van der Waals surface area contributed by atoms with Gasteiger partial charge in [0.05, 0.1) is 22.1 Å². The number of thiazole rings is 1. The van der Waals surface area contributed by atoms with Crippen LogP contribution in [0.2, 0.25) is 0 Å². The molecular weight excluding hydrogens is 412 g/mol. The van der Waals surface area contributed by atoms with E-state index in [4.69, 9.17) is 4.42 Å². The van der Waals surface area contributed by atoms with E-state index >= 15 is 0 Å². The molecule has 1 aromatic carbocycles. The van der Waals surface area contributed by atoms with Gasteiger partial charge in [-0.05, 0) is 32.4 Å². The Morgan fingerprint density at radius 3 is 2.93 bits per heavy atom. The maximum absolute atomic E-state index is 12.9. The summed E-state index contributed by atoms with van der Waals surface area (Å²) >= 11 is 4.63. The number of rotatable bonds is 4. The molecule has 1 atom stereocenters. The van der Waals surface area contributed by atoms with Crippen LogP contribution in [0.5, 0.6) is 0 Å². The summed E-state index contributed by atoms with van der Waals surface area (Å²) in [5, 5.41) is 10.0. The van der Waals surface area contributed by atoms with Crippen LogP contribution in [0.25, 0.3) is 10.8 Å². The molecule has 1 unspecified atom stereocenters. The van der Waals surface area contributed by atoms with E-state index in [9.17, 15) is 4.79 Å². The van der Waals surface area contributed by atoms with Gasteiger partial charge in [-0.25, -0.2) is 4.98 Å². The van der Waals surface area contributed by atoms with Crippen molar-refractivity contribution < 1.29 is 9.21 Å². The second-order valence-corrected chi connectivity index (χ2v) is 10.1. The number of thioether (sulfide) groups is 2. The molecule has 146 valence electrons. The Balaban J connectivity index is 1.46. The number of aryl methyl sites for hydroxylation is 2. The highest BCUT2D eigenvalue weighted by Crippen LogP contribution is 2.38. The molecule has 9 heteroatoms. The molecule has 0 bridgehead atoms. The molecule has 0 saturated carbocycles. The second-order valence-electron chi connectivity index (χ2n) is 6.54. The Hall–Kier alpha value is -1.84. The van der Waals surface area contributed by atoms with Crippen molar-refractivity contribution in [1.29, 1.82) is 0 Å². The van der Waals surface area contributed by atoms with Crippen molar-refractivity contribution in [2.45, 2.75) is 42.6 Å². The third-order valence-corrected chi connectivity index (χ3v) is 7.47. The molecule has 0 aliphatic carbocycles. The number of aromatic nitrogens is 3. The van der Waals surface area contributed by atoms with Gasteiger partial charge >= 0.3 is 0 Å². The molecule has 6 nitrogen and oxygen atoms in total. The number of para-hydroxylation sites is 1. The third kappa shape index (κ3) is 4.11. The predicted octanol–water partition coefficient (Wildman–Crippen LogP) is 4.82. The smallest absolute Gasteiger partial charge is 0.277 e. The van der Waals surface area contributed by atoms with Gasteiger partial charge in [-0.1, -0.05) is 30.8 Å². The van der Waals surface area contributed by atoms with Crippen LogP contribution in [-0.2, 0) is 4.79 Å². The first kappa shape index (κ1) is 19.5. The van der Waals surface area contributed by atoms with Crippen LogP contribution in [0.4, 0.5) is 5.69 Å². The van der Waals surface area contributed by atoms with Gasteiger partial charge in [-0.2, -0.15) is 0 Å². The van der Waals surface area contributed by atoms with Crippen LogP contribution in [0.15, 0.2) is 38.8 Å².